The summed E-state index contributed by atoms with van der Waals surface area (Å²) in [7, 11) is 1.63. The fourth-order valence-corrected chi connectivity index (χ4v) is 1.22. The number of carbonyl (C=O) groups excluding carboxylic acids is 1. The summed E-state index contributed by atoms with van der Waals surface area (Å²) in [4.78, 5) is 14.9. The summed E-state index contributed by atoms with van der Waals surface area (Å²) in [6.07, 6.45) is 1.44. The molecule has 0 amide bonds. The second-order valence-corrected chi connectivity index (χ2v) is 3.23. The summed E-state index contributed by atoms with van der Waals surface area (Å²) in [5, 5.41) is 0. The van der Waals surface area contributed by atoms with E-state index in [9.17, 15) is 4.79 Å². The molecule has 3 nitrogen and oxygen atoms in total. The Morgan fingerprint density at radius 3 is 2.73 bits per heavy atom. The van der Waals surface area contributed by atoms with Gasteiger partial charge in [-0.2, -0.15) is 0 Å². The van der Waals surface area contributed by atoms with Gasteiger partial charge in [0.1, 0.15) is 5.75 Å². The SMILES string of the molecule is CCC(C=O)=Nc1ccc(OC)cc1C. The molecule has 0 aliphatic rings. The zero-order valence-corrected chi connectivity index (χ0v) is 9.28. The van der Waals surface area contributed by atoms with E-state index in [0.717, 1.165) is 23.3 Å². The first-order chi connectivity index (χ1) is 7.21. The minimum Gasteiger partial charge on any atom is -0.497 e. The van der Waals surface area contributed by atoms with Gasteiger partial charge in [-0.25, -0.2) is 4.99 Å². The maximum Gasteiger partial charge on any atom is 0.164 e. The first-order valence-electron chi connectivity index (χ1n) is 4.88. The van der Waals surface area contributed by atoms with Crippen molar-refractivity contribution < 1.29 is 9.53 Å². The van der Waals surface area contributed by atoms with Gasteiger partial charge in [0.05, 0.1) is 18.5 Å². The number of ether oxygens (including phenoxy) is 1. The van der Waals surface area contributed by atoms with Crippen molar-refractivity contribution in [1.29, 1.82) is 0 Å². The molecule has 0 fully saturated rings. The fourth-order valence-electron chi connectivity index (χ4n) is 1.22. The van der Waals surface area contributed by atoms with Gasteiger partial charge in [-0.3, -0.25) is 4.79 Å². The van der Waals surface area contributed by atoms with Crippen molar-refractivity contribution in [2.24, 2.45) is 4.99 Å². The van der Waals surface area contributed by atoms with Gasteiger partial charge in [0.15, 0.2) is 6.29 Å². The van der Waals surface area contributed by atoms with Crippen LogP contribution in [-0.4, -0.2) is 19.1 Å². The zero-order chi connectivity index (χ0) is 11.3. The lowest BCUT2D eigenvalue weighted by molar-refractivity contribution is -0.102. The molecule has 80 valence electrons. The Morgan fingerprint density at radius 1 is 1.53 bits per heavy atom. The number of aliphatic imine (C=N–C) groups is 1. The smallest absolute Gasteiger partial charge is 0.164 e. The molecule has 1 rings (SSSR count). The predicted molar refractivity (Wildman–Crippen MR) is 61.2 cm³/mol. The summed E-state index contributed by atoms with van der Waals surface area (Å²) in [6, 6.07) is 5.59. The molecule has 0 heterocycles. The van der Waals surface area contributed by atoms with Crippen LogP contribution >= 0.6 is 0 Å². The predicted octanol–water partition coefficient (Wildman–Crippen LogP) is 2.69. The van der Waals surface area contributed by atoms with Crippen molar-refractivity contribution >= 4 is 17.7 Å². The van der Waals surface area contributed by atoms with Gasteiger partial charge in [0.25, 0.3) is 0 Å². The zero-order valence-electron chi connectivity index (χ0n) is 9.28. The molecule has 0 bridgehead atoms. The summed E-state index contributed by atoms with van der Waals surface area (Å²) < 4.78 is 5.09. The largest absolute Gasteiger partial charge is 0.497 e. The molecule has 0 saturated carbocycles. The van der Waals surface area contributed by atoms with Gasteiger partial charge < -0.3 is 4.74 Å². The fraction of sp³-hybridized carbons (Fsp3) is 0.333. The standard InChI is InChI=1S/C12H15NO2/c1-4-10(8-14)13-12-6-5-11(15-3)7-9(12)2/h5-8H,4H2,1-3H3. The average molecular weight is 205 g/mol. The molecule has 1 aromatic rings. The molecule has 0 radical (unpaired) electrons. The first kappa shape index (κ1) is 11.4. The van der Waals surface area contributed by atoms with Crippen molar-refractivity contribution in [2.75, 3.05) is 7.11 Å². The van der Waals surface area contributed by atoms with E-state index in [0.29, 0.717) is 12.1 Å². The number of hydrogen-bond donors (Lipinski definition) is 0. The molecule has 3 heteroatoms. The minimum atomic E-state index is 0.559. The van der Waals surface area contributed by atoms with E-state index in [4.69, 9.17) is 4.74 Å². The molecule has 0 saturated heterocycles. The first-order valence-corrected chi connectivity index (χ1v) is 4.88. The molecule has 0 aliphatic carbocycles. The third-order valence-electron chi connectivity index (χ3n) is 2.17. The highest BCUT2D eigenvalue weighted by Crippen LogP contribution is 2.23. The maximum absolute atomic E-state index is 10.6. The second-order valence-electron chi connectivity index (χ2n) is 3.23. The van der Waals surface area contributed by atoms with Crippen LogP contribution in [0.1, 0.15) is 18.9 Å². The molecule has 0 unspecified atom stereocenters. The number of aryl methyl sites for hydroxylation is 1. The Kier molecular flexibility index (Phi) is 4.03. The lowest BCUT2D eigenvalue weighted by atomic mass is 10.2. The highest BCUT2D eigenvalue weighted by molar-refractivity contribution is 6.28. The van der Waals surface area contributed by atoms with Gasteiger partial charge in [0.2, 0.25) is 0 Å². The number of aldehydes is 1. The van der Waals surface area contributed by atoms with E-state index in [2.05, 4.69) is 4.99 Å². The van der Waals surface area contributed by atoms with Crippen molar-refractivity contribution in [3.05, 3.63) is 23.8 Å². The summed E-state index contributed by atoms with van der Waals surface area (Å²) in [5.41, 5.74) is 2.38. The van der Waals surface area contributed by atoms with Crippen LogP contribution in [0, 0.1) is 6.92 Å². The molecule has 1 aromatic carbocycles. The van der Waals surface area contributed by atoms with Crippen LogP contribution in [0.4, 0.5) is 5.69 Å². The van der Waals surface area contributed by atoms with E-state index < -0.39 is 0 Å². The van der Waals surface area contributed by atoms with E-state index in [1.54, 1.807) is 7.11 Å². The Balaban J connectivity index is 3.05. The molecule has 0 N–H and O–H groups in total. The number of methoxy groups -OCH3 is 1. The molecule has 0 atom stereocenters. The number of rotatable bonds is 4. The molecule has 0 spiro atoms. The number of carbonyl (C=O) groups is 1. The van der Waals surface area contributed by atoms with Crippen LogP contribution in [0.5, 0.6) is 5.75 Å². The van der Waals surface area contributed by atoms with Gasteiger partial charge in [-0.15, -0.1) is 0 Å². The van der Waals surface area contributed by atoms with E-state index in [1.165, 1.54) is 0 Å². The third-order valence-corrected chi connectivity index (χ3v) is 2.17. The monoisotopic (exact) mass is 205 g/mol. The van der Waals surface area contributed by atoms with Crippen LogP contribution < -0.4 is 4.74 Å². The maximum atomic E-state index is 10.6. The van der Waals surface area contributed by atoms with E-state index in [1.807, 2.05) is 32.0 Å². The summed E-state index contributed by atoms with van der Waals surface area (Å²) >= 11 is 0. The molecular weight excluding hydrogens is 190 g/mol. The number of nitrogens with zero attached hydrogens (tertiary/aromatic N) is 1. The van der Waals surface area contributed by atoms with E-state index >= 15 is 0 Å². The van der Waals surface area contributed by atoms with Crippen molar-refractivity contribution in [3.8, 4) is 5.75 Å². The van der Waals surface area contributed by atoms with Gasteiger partial charge in [-0.05, 0) is 37.1 Å². The van der Waals surface area contributed by atoms with E-state index in [-0.39, 0.29) is 0 Å². The Labute approximate surface area is 89.8 Å². The normalized spacial score (nSPS) is 11.3. The summed E-state index contributed by atoms with van der Waals surface area (Å²) in [6.45, 7) is 3.85. The van der Waals surface area contributed by atoms with Crippen LogP contribution in [0.2, 0.25) is 0 Å². The average Bonchev–Trinajstić information content (AvgIpc) is 2.27. The number of hydrogen-bond acceptors (Lipinski definition) is 3. The number of benzene rings is 1. The Hall–Kier alpha value is -1.64. The quantitative estimate of drug-likeness (QED) is 0.560. The lowest BCUT2D eigenvalue weighted by Crippen LogP contribution is -1.96. The Morgan fingerprint density at radius 2 is 2.27 bits per heavy atom. The molecule has 15 heavy (non-hydrogen) atoms. The van der Waals surface area contributed by atoms with Crippen LogP contribution in [0.25, 0.3) is 0 Å². The van der Waals surface area contributed by atoms with Crippen LogP contribution in [-0.2, 0) is 4.79 Å². The highest BCUT2D eigenvalue weighted by atomic mass is 16.5. The van der Waals surface area contributed by atoms with Gasteiger partial charge in [0, 0.05) is 0 Å². The van der Waals surface area contributed by atoms with Gasteiger partial charge >= 0.3 is 0 Å². The molecule has 0 aliphatic heterocycles. The minimum absolute atomic E-state index is 0.559. The summed E-state index contributed by atoms with van der Waals surface area (Å²) in [5.74, 6) is 0.801. The third kappa shape index (κ3) is 2.91. The second kappa shape index (κ2) is 5.29. The van der Waals surface area contributed by atoms with Crippen molar-refractivity contribution in [2.45, 2.75) is 20.3 Å². The molecular formula is C12H15NO2. The van der Waals surface area contributed by atoms with Crippen LogP contribution in [0.15, 0.2) is 23.2 Å². The topological polar surface area (TPSA) is 38.7 Å². The van der Waals surface area contributed by atoms with Crippen LogP contribution in [0.3, 0.4) is 0 Å². The van der Waals surface area contributed by atoms with Crippen molar-refractivity contribution in [1.82, 2.24) is 0 Å². The molecule has 0 aromatic heterocycles. The lowest BCUT2D eigenvalue weighted by Gasteiger charge is -2.04. The highest BCUT2D eigenvalue weighted by Gasteiger charge is 2.00. The Bertz CT molecular complexity index is 383. The van der Waals surface area contributed by atoms with Gasteiger partial charge in [-0.1, -0.05) is 6.92 Å². The van der Waals surface area contributed by atoms with Crippen molar-refractivity contribution in [3.63, 3.8) is 0 Å².